The van der Waals surface area contributed by atoms with E-state index in [1.165, 1.54) is 31.4 Å². The summed E-state index contributed by atoms with van der Waals surface area (Å²) in [5, 5.41) is 15.2. The molecule has 0 amide bonds. The minimum Gasteiger partial charge on any atom is -0.357 e. The van der Waals surface area contributed by atoms with Crippen LogP contribution in [0.5, 0.6) is 0 Å². The molecule has 0 unspecified atom stereocenters. The molecule has 2 aromatic rings. The molecular formula is C19H28FIN6. The molecule has 27 heavy (non-hydrogen) atoms. The first kappa shape index (κ1) is 21.6. The van der Waals surface area contributed by atoms with Gasteiger partial charge in [0.25, 0.3) is 0 Å². The number of aryl methyl sites for hydroxylation is 1. The summed E-state index contributed by atoms with van der Waals surface area (Å²) in [5.74, 6) is 2.57. The molecule has 6 nitrogen and oxygen atoms in total. The van der Waals surface area contributed by atoms with Gasteiger partial charge in [-0.2, -0.15) is 0 Å². The van der Waals surface area contributed by atoms with E-state index in [1.54, 1.807) is 0 Å². The highest BCUT2D eigenvalue weighted by molar-refractivity contribution is 14.0. The smallest absolute Gasteiger partial charge is 0.191 e. The number of fused-ring (bicyclic) bond motifs is 1. The van der Waals surface area contributed by atoms with Gasteiger partial charge in [-0.25, -0.2) is 9.38 Å². The molecular weight excluding hydrogens is 458 g/mol. The zero-order chi connectivity index (χ0) is 18.2. The Morgan fingerprint density at radius 3 is 2.74 bits per heavy atom. The van der Waals surface area contributed by atoms with Gasteiger partial charge in [0.2, 0.25) is 0 Å². The molecule has 1 aliphatic heterocycles. The van der Waals surface area contributed by atoms with E-state index < -0.39 is 0 Å². The van der Waals surface area contributed by atoms with Gasteiger partial charge >= 0.3 is 0 Å². The summed E-state index contributed by atoms with van der Waals surface area (Å²) < 4.78 is 15.2. The van der Waals surface area contributed by atoms with Crippen LogP contribution < -0.4 is 10.6 Å². The summed E-state index contributed by atoms with van der Waals surface area (Å²) >= 11 is 0. The van der Waals surface area contributed by atoms with Crippen molar-refractivity contribution in [1.82, 2.24) is 25.4 Å². The van der Waals surface area contributed by atoms with Crippen LogP contribution in [0.3, 0.4) is 0 Å². The molecule has 1 aromatic heterocycles. The Morgan fingerprint density at radius 1 is 1.15 bits per heavy atom. The molecule has 8 heteroatoms. The molecule has 2 N–H and O–H groups in total. The van der Waals surface area contributed by atoms with Crippen LogP contribution in [0.2, 0.25) is 0 Å². The van der Waals surface area contributed by atoms with Crippen LogP contribution in [-0.2, 0) is 25.9 Å². The van der Waals surface area contributed by atoms with Crippen molar-refractivity contribution in [2.24, 2.45) is 4.99 Å². The van der Waals surface area contributed by atoms with E-state index in [4.69, 9.17) is 0 Å². The fraction of sp³-hybridized carbons (Fsp3) is 0.526. The van der Waals surface area contributed by atoms with Crippen molar-refractivity contribution in [1.29, 1.82) is 0 Å². The van der Waals surface area contributed by atoms with Gasteiger partial charge in [-0.05, 0) is 43.9 Å². The lowest BCUT2D eigenvalue weighted by Crippen LogP contribution is -2.38. The van der Waals surface area contributed by atoms with Gasteiger partial charge in [-0.3, -0.25) is 0 Å². The molecule has 148 valence electrons. The van der Waals surface area contributed by atoms with Gasteiger partial charge in [0.1, 0.15) is 18.2 Å². The van der Waals surface area contributed by atoms with Gasteiger partial charge in [-0.1, -0.05) is 18.6 Å². The molecule has 0 spiro atoms. The summed E-state index contributed by atoms with van der Waals surface area (Å²) in [6, 6.07) is 6.61. The molecule has 0 radical (unpaired) electrons. The topological polar surface area (TPSA) is 67.1 Å². The van der Waals surface area contributed by atoms with Crippen molar-refractivity contribution in [3.8, 4) is 0 Å². The Bertz CT molecular complexity index is 728. The summed E-state index contributed by atoms with van der Waals surface area (Å²) in [6.45, 7) is 5.07. The number of halogens is 2. The number of aromatic nitrogens is 3. The largest absolute Gasteiger partial charge is 0.357 e. The SMILES string of the molecule is CCNC(=NCc1nnc2n1CCCCC2)NCCc1ccc(F)cc1.I. The molecule has 1 aliphatic rings. The molecule has 0 saturated carbocycles. The minimum atomic E-state index is -0.205. The lowest BCUT2D eigenvalue weighted by atomic mass is 10.1. The van der Waals surface area contributed by atoms with Crippen molar-refractivity contribution in [3.05, 3.63) is 47.3 Å². The quantitative estimate of drug-likeness (QED) is 0.374. The number of nitrogens with zero attached hydrogens (tertiary/aromatic N) is 4. The van der Waals surface area contributed by atoms with Gasteiger partial charge < -0.3 is 15.2 Å². The Hall–Kier alpha value is -1.71. The number of hydrogen-bond donors (Lipinski definition) is 2. The van der Waals surface area contributed by atoms with Crippen molar-refractivity contribution >= 4 is 29.9 Å². The van der Waals surface area contributed by atoms with E-state index in [2.05, 4.69) is 30.4 Å². The maximum absolute atomic E-state index is 13.0. The third kappa shape index (κ3) is 6.44. The number of hydrogen-bond acceptors (Lipinski definition) is 3. The Kier molecular flexibility index (Phi) is 8.96. The maximum Gasteiger partial charge on any atom is 0.191 e. The molecule has 0 atom stereocenters. The molecule has 0 aliphatic carbocycles. The first-order valence-electron chi connectivity index (χ1n) is 9.44. The summed E-state index contributed by atoms with van der Waals surface area (Å²) in [7, 11) is 0. The number of benzene rings is 1. The Balaban J connectivity index is 0.00000261. The molecule has 1 aromatic carbocycles. The predicted molar refractivity (Wildman–Crippen MR) is 116 cm³/mol. The van der Waals surface area contributed by atoms with Gasteiger partial charge in [-0.15, -0.1) is 34.2 Å². The summed E-state index contributed by atoms with van der Waals surface area (Å²) in [4.78, 5) is 4.65. The highest BCUT2D eigenvalue weighted by atomic mass is 127. The van der Waals surface area contributed by atoms with Crippen molar-refractivity contribution in [2.45, 2.75) is 52.1 Å². The van der Waals surface area contributed by atoms with E-state index in [0.717, 1.165) is 55.6 Å². The molecule has 0 bridgehead atoms. The van der Waals surface area contributed by atoms with E-state index in [9.17, 15) is 4.39 Å². The van der Waals surface area contributed by atoms with Crippen LogP contribution in [0, 0.1) is 5.82 Å². The summed E-state index contributed by atoms with van der Waals surface area (Å²) in [6.07, 6.45) is 5.43. The normalized spacial score (nSPS) is 14.1. The third-order valence-electron chi connectivity index (χ3n) is 4.53. The van der Waals surface area contributed by atoms with Gasteiger partial charge in [0, 0.05) is 26.1 Å². The van der Waals surface area contributed by atoms with Crippen LogP contribution in [0.4, 0.5) is 4.39 Å². The average molecular weight is 486 g/mol. The predicted octanol–water partition coefficient (Wildman–Crippen LogP) is 3.06. The fourth-order valence-corrected chi connectivity index (χ4v) is 3.13. The van der Waals surface area contributed by atoms with E-state index >= 15 is 0 Å². The van der Waals surface area contributed by atoms with Crippen LogP contribution >= 0.6 is 24.0 Å². The number of guanidine groups is 1. The molecule has 0 saturated heterocycles. The highest BCUT2D eigenvalue weighted by Gasteiger charge is 2.14. The zero-order valence-corrected chi connectivity index (χ0v) is 18.1. The maximum atomic E-state index is 13.0. The molecule has 0 fully saturated rings. The highest BCUT2D eigenvalue weighted by Crippen LogP contribution is 2.14. The third-order valence-corrected chi connectivity index (χ3v) is 4.53. The average Bonchev–Trinajstić information content (AvgIpc) is 2.87. The van der Waals surface area contributed by atoms with Crippen molar-refractivity contribution in [3.63, 3.8) is 0 Å². The van der Waals surface area contributed by atoms with Crippen LogP contribution in [-0.4, -0.2) is 33.8 Å². The van der Waals surface area contributed by atoms with Crippen LogP contribution in [0.25, 0.3) is 0 Å². The standard InChI is InChI=1S/C19H27FN6.HI/c1-2-21-19(22-12-11-15-7-9-16(20)10-8-15)23-14-18-25-24-17-6-4-3-5-13-26(17)18;/h7-10H,2-6,11-14H2,1H3,(H2,21,22,23);1H. The minimum absolute atomic E-state index is 0. The molecule has 3 rings (SSSR count). The number of rotatable bonds is 6. The van der Waals surface area contributed by atoms with Gasteiger partial charge in [0.05, 0.1) is 0 Å². The second-order valence-corrected chi connectivity index (χ2v) is 6.49. The first-order chi connectivity index (χ1) is 12.8. The fourth-order valence-electron chi connectivity index (χ4n) is 3.13. The van der Waals surface area contributed by atoms with Crippen molar-refractivity contribution < 1.29 is 4.39 Å². The van der Waals surface area contributed by atoms with Gasteiger partial charge in [0.15, 0.2) is 11.8 Å². The van der Waals surface area contributed by atoms with E-state index in [1.807, 2.05) is 19.1 Å². The monoisotopic (exact) mass is 486 g/mol. The van der Waals surface area contributed by atoms with Crippen LogP contribution in [0.1, 0.15) is 43.4 Å². The Morgan fingerprint density at radius 2 is 1.96 bits per heavy atom. The molecule has 2 heterocycles. The second-order valence-electron chi connectivity index (χ2n) is 6.49. The van der Waals surface area contributed by atoms with Crippen LogP contribution in [0.15, 0.2) is 29.3 Å². The first-order valence-corrected chi connectivity index (χ1v) is 9.44. The Labute approximate surface area is 177 Å². The van der Waals surface area contributed by atoms with E-state index in [0.29, 0.717) is 6.54 Å². The summed E-state index contributed by atoms with van der Waals surface area (Å²) in [5.41, 5.74) is 1.09. The number of nitrogens with one attached hydrogen (secondary N) is 2. The van der Waals surface area contributed by atoms with E-state index in [-0.39, 0.29) is 29.8 Å². The van der Waals surface area contributed by atoms with Crippen molar-refractivity contribution in [2.75, 3.05) is 13.1 Å². The zero-order valence-electron chi connectivity index (χ0n) is 15.7. The second kappa shape index (κ2) is 11.2. The number of aliphatic imine (C=N–C) groups is 1. The lowest BCUT2D eigenvalue weighted by molar-refractivity contribution is 0.605. The lowest BCUT2D eigenvalue weighted by Gasteiger charge is -2.11.